The van der Waals surface area contributed by atoms with E-state index in [2.05, 4.69) is 15.1 Å². The fourth-order valence-electron chi connectivity index (χ4n) is 3.66. The largest absolute Gasteiger partial charge is 0.378 e. The Kier molecular flexibility index (Phi) is 4.21. The van der Waals surface area contributed by atoms with Crippen molar-refractivity contribution in [2.75, 3.05) is 44.3 Å². The minimum absolute atomic E-state index is 0.128. The molecular formula is C15H22N4O3S. The smallest absolute Gasteiger partial charge is 0.251 e. The normalized spacial score (nSPS) is 31.3. The number of hydrogen-bond donors (Lipinski definition) is 0. The zero-order chi connectivity index (χ0) is 15.8. The van der Waals surface area contributed by atoms with Crippen LogP contribution < -0.4 is 4.90 Å². The molecule has 0 bridgehead atoms. The van der Waals surface area contributed by atoms with Gasteiger partial charge in [-0.05, 0) is 25.7 Å². The number of fused-ring (bicyclic) bond motifs is 1. The second-order valence-electron chi connectivity index (χ2n) is 6.43. The monoisotopic (exact) mass is 338 g/mol. The minimum Gasteiger partial charge on any atom is -0.378 e. The maximum absolute atomic E-state index is 12.6. The molecule has 3 saturated heterocycles. The number of hydrogen-bond acceptors (Lipinski definition) is 7. The molecule has 1 aromatic heterocycles. The zero-order valence-corrected chi connectivity index (χ0v) is 14.1. The average Bonchev–Trinajstić information content (AvgIpc) is 3.20. The molecule has 4 rings (SSSR count). The van der Waals surface area contributed by atoms with Gasteiger partial charge in [-0.2, -0.15) is 0 Å². The van der Waals surface area contributed by atoms with E-state index in [4.69, 9.17) is 9.47 Å². The van der Waals surface area contributed by atoms with E-state index in [9.17, 15) is 4.79 Å². The van der Waals surface area contributed by atoms with Crippen LogP contribution in [0, 0.1) is 12.8 Å². The molecule has 0 N–H and O–H groups in total. The number of amides is 1. The number of carbonyl (C=O) groups is 1. The van der Waals surface area contributed by atoms with Crippen molar-refractivity contribution in [3.8, 4) is 0 Å². The third-order valence-electron chi connectivity index (χ3n) is 4.94. The van der Waals surface area contributed by atoms with Crippen molar-refractivity contribution in [1.29, 1.82) is 0 Å². The summed E-state index contributed by atoms with van der Waals surface area (Å²) in [4.78, 5) is 16.7. The van der Waals surface area contributed by atoms with Gasteiger partial charge in [-0.15, -0.1) is 10.2 Å². The van der Waals surface area contributed by atoms with Gasteiger partial charge in [-0.1, -0.05) is 11.3 Å². The van der Waals surface area contributed by atoms with E-state index in [0.29, 0.717) is 32.2 Å². The number of anilines is 1. The minimum atomic E-state index is -0.279. The molecule has 0 radical (unpaired) electrons. The lowest BCUT2D eigenvalue weighted by Gasteiger charge is -2.33. The van der Waals surface area contributed by atoms with E-state index in [1.807, 2.05) is 11.8 Å². The number of carbonyl (C=O) groups excluding carboxylic acids is 1. The standard InChI is InChI=1S/C15H22N4O3S/c1-10-16-17-15(23-10)19-3-2-11-8-12(22-13(11)9-19)14(20)18-4-6-21-7-5-18/h11-13H,2-9H2,1H3/t11-,12+,13-/m0/s1. The van der Waals surface area contributed by atoms with Crippen LogP contribution in [0.5, 0.6) is 0 Å². The molecule has 3 aliphatic heterocycles. The van der Waals surface area contributed by atoms with Gasteiger partial charge in [0.05, 0.1) is 19.3 Å². The summed E-state index contributed by atoms with van der Waals surface area (Å²) in [5.41, 5.74) is 0. The number of morpholine rings is 1. The van der Waals surface area contributed by atoms with Gasteiger partial charge in [-0.25, -0.2) is 0 Å². The summed E-state index contributed by atoms with van der Waals surface area (Å²) in [5, 5.41) is 10.3. The number of rotatable bonds is 2. The van der Waals surface area contributed by atoms with Gasteiger partial charge in [0, 0.05) is 26.2 Å². The van der Waals surface area contributed by atoms with Gasteiger partial charge in [0.1, 0.15) is 11.1 Å². The second kappa shape index (κ2) is 6.33. The predicted molar refractivity (Wildman–Crippen MR) is 85.6 cm³/mol. The van der Waals surface area contributed by atoms with E-state index in [0.717, 1.165) is 36.1 Å². The van der Waals surface area contributed by atoms with Gasteiger partial charge in [0.25, 0.3) is 5.91 Å². The summed E-state index contributed by atoms with van der Waals surface area (Å²) in [6, 6.07) is 0. The number of aromatic nitrogens is 2. The first-order valence-corrected chi connectivity index (χ1v) is 9.09. The molecule has 8 heteroatoms. The number of piperidine rings is 1. The summed E-state index contributed by atoms with van der Waals surface area (Å²) >= 11 is 1.62. The van der Waals surface area contributed by atoms with Gasteiger partial charge in [0.15, 0.2) is 0 Å². The maximum Gasteiger partial charge on any atom is 0.251 e. The molecule has 23 heavy (non-hydrogen) atoms. The molecule has 4 heterocycles. The summed E-state index contributed by atoms with van der Waals surface area (Å²) in [6.45, 7) is 6.39. The fraction of sp³-hybridized carbons (Fsp3) is 0.800. The van der Waals surface area contributed by atoms with Crippen LogP contribution in [0.3, 0.4) is 0 Å². The van der Waals surface area contributed by atoms with Gasteiger partial charge in [-0.3, -0.25) is 4.79 Å². The fourth-order valence-corrected chi connectivity index (χ4v) is 4.39. The topological polar surface area (TPSA) is 67.8 Å². The second-order valence-corrected chi connectivity index (χ2v) is 7.60. The van der Waals surface area contributed by atoms with Crippen molar-refractivity contribution in [3.63, 3.8) is 0 Å². The van der Waals surface area contributed by atoms with Crippen molar-refractivity contribution >= 4 is 22.4 Å². The molecule has 3 atom stereocenters. The van der Waals surface area contributed by atoms with E-state index in [1.165, 1.54) is 0 Å². The Balaban J connectivity index is 1.38. The summed E-state index contributed by atoms with van der Waals surface area (Å²) in [5.74, 6) is 0.622. The van der Waals surface area contributed by atoms with Gasteiger partial charge in [0.2, 0.25) is 5.13 Å². The summed E-state index contributed by atoms with van der Waals surface area (Å²) in [6.07, 6.45) is 1.75. The highest BCUT2D eigenvalue weighted by Gasteiger charge is 2.43. The van der Waals surface area contributed by atoms with Gasteiger partial charge >= 0.3 is 0 Å². The first-order chi connectivity index (χ1) is 11.2. The lowest BCUT2D eigenvalue weighted by Crippen LogP contribution is -2.46. The maximum atomic E-state index is 12.6. The van der Waals surface area contributed by atoms with Crippen LogP contribution in [-0.2, 0) is 14.3 Å². The Morgan fingerprint density at radius 1 is 1.26 bits per heavy atom. The lowest BCUT2D eigenvalue weighted by molar-refractivity contribution is -0.146. The highest BCUT2D eigenvalue weighted by atomic mass is 32.1. The van der Waals surface area contributed by atoms with Crippen molar-refractivity contribution in [3.05, 3.63) is 5.01 Å². The van der Waals surface area contributed by atoms with E-state index >= 15 is 0 Å². The molecule has 3 fully saturated rings. The molecular weight excluding hydrogens is 316 g/mol. The molecule has 0 saturated carbocycles. The van der Waals surface area contributed by atoms with Gasteiger partial charge < -0.3 is 19.3 Å². The molecule has 0 unspecified atom stereocenters. The Morgan fingerprint density at radius 3 is 2.83 bits per heavy atom. The van der Waals surface area contributed by atoms with Crippen LogP contribution in [-0.4, -0.2) is 72.6 Å². The van der Waals surface area contributed by atoms with Crippen LogP contribution in [0.4, 0.5) is 5.13 Å². The molecule has 0 aromatic carbocycles. The summed E-state index contributed by atoms with van der Waals surface area (Å²) < 4.78 is 11.4. The Labute approximate surface area is 139 Å². The lowest BCUT2D eigenvalue weighted by atomic mass is 9.92. The Bertz CT molecular complexity index is 575. The highest BCUT2D eigenvalue weighted by molar-refractivity contribution is 7.15. The first-order valence-electron chi connectivity index (χ1n) is 8.28. The molecule has 1 amide bonds. The van der Waals surface area contributed by atoms with Crippen molar-refractivity contribution in [1.82, 2.24) is 15.1 Å². The Hall–Kier alpha value is -1.25. The number of aryl methyl sites for hydroxylation is 1. The molecule has 3 aliphatic rings. The zero-order valence-electron chi connectivity index (χ0n) is 13.3. The van der Waals surface area contributed by atoms with Crippen LogP contribution in [0.15, 0.2) is 0 Å². The SMILES string of the molecule is Cc1nnc(N2CC[C@H]3C[C@H](C(=O)N4CCOCC4)O[C@H]3C2)s1. The first kappa shape index (κ1) is 15.3. The van der Waals surface area contributed by atoms with E-state index in [-0.39, 0.29) is 18.1 Å². The van der Waals surface area contributed by atoms with E-state index < -0.39 is 0 Å². The highest BCUT2D eigenvalue weighted by Crippen LogP contribution is 2.36. The van der Waals surface area contributed by atoms with Crippen LogP contribution in [0.25, 0.3) is 0 Å². The van der Waals surface area contributed by atoms with Crippen molar-refractivity contribution in [2.24, 2.45) is 5.92 Å². The van der Waals surface area contributed by atoms with Crippen molar-refractivity contribution < 1.29 is 14.3 Å². The molecule has 0 spiro atoms. The third kappa shape index (κ3) is 3.07. The number of ether oxygens (including phenoxy) is 2. The predicted octanol–water partition coefficient (Wildman–Crippen LogP) is 0.689. The Morgan fingerprint density at radius 2 is 2.09 bits per heavy atom. The van der Waals surface area contributed by atoms with Crippen molar-refractivity contribution in [2.45, 2.75) is 32.0 Å². The quantitative estimate of drug-likeness (QED) is 0.790. The van der Waals surface area contributed by atoms with Crippen LogP contribution in [0.2, 0.25) is 0 Å². The molecule has 0 aliphatic carbocycles. The molecule has 7 nitrogen and oxygen atoms in total. The number of nitrogens with zero attached hydrogens (tertiary/aromatic N) is 4. The van der Waals surface area contributed by atoms with E-state index in [1.54, 1.807) is 11.3 Å². The summed E-state index contributed by atoms with van der Waals surface area (Å²) in [7, 11) is 0. The molecule has 1 aromatic rings. The third-order valence-corrected chi connectivity index (χ3v) is 5.84. The van der Waals surface area contributed by atoms with Crippen LogP contribution in [0.1, 0.15) is 17.8 Å². The van der Waals surface area contributed by atoms with Crippen LogP contribution >= 0.6 is 11.3 Å². The molecule has 126 valence electrons. The average molecular weight is 338 g/mol.